The summed E-state index contributed by atoms with van der Waals surface area (Å²) in [5, 5.41) is 3.11. The van der Waals surface area contributed by atoms with Crippen LogP contribution in [0.15, 0.2) is 23.9 Å². The molecular formula is C19H22F4N2O4S. The van der Waals surface area contributed by atoms with Crippen molar-refractivity contribution in [2.24, 2.45) is 0 Å². The van der Waals surface area contributed by atoms with E-state index >= 15 is 0 Å². The summed E-state index contributed by atoms with van der Waals surface area (Å²) in [6.07, 6.45) is -1.66. The molecule has 1 aliphatic rings. The summed E-state index contributed by atoms with van der Waals surface area (Å²) >= 11 is 5.18. The molecule has 0 atom stereocenters. The third-order valence-electron chi connectivity index (χ3n) is 4.18. The van der Waals surface area contributed by atoms with Crippen LogP contribution in [-0.4, -0.2) is 62.2 Å². The highest BCUT2D eigenvalue weighted by Gasteiger charge is 2.41. The van der Waals surface area contributed by atoms with E-state index in [9.17, 15) is 22.4 Å². The Labute approximate surface area is 176 Å². The molecule has 11 heteroatoms. The van der Waals surface area contributed by atoms with Gasteiger partial charge in [-0.25, -0.2) is 8.78 Å². The van der Waals surface area contributed by atoms with E-state index in [4.69, 9.17) is 26.4 Å². The van der Waals surface area contributed by atoms with Gasteiger partial charge >= 0.3 is 12.3 Å². The topological polar surface area (TPSA) is 60.0 Å². The molecule has 0 aromatic heterocycles. The van der Waals surface area contributed by atoms with E-state index in [0.29, 0.717) is 36.4 Å². The third kappa shape index (κ3) is 6.13. The molecule has 1 N–H and O–H groups in total. The van der Waals surface area contributed by atoms with Crippen molar-refractivity contribution in [1.29, 1.82) is 0 Å². The van der Waals surface area contributed by atoms with Crippen LogP contribution < -0.4 is 10.1 Å². The van der Waals surface area contributed by atoms with Gasteiger partial charge in [0.05, 0.1) is 13.7 Å². The minimum absolute atomic E-state index is 0.249. The van der Waals surface area contributed by atoms with E-state index in [0.717, 1.165) is 0 Å². The van der Waals surface area contributed by atoms with Crippen molar-refractivity contribution in [2.75, 3.05) is 34.0 Å². The van der Waals surface area contributed by atoms with Crippen molar-refractivity contribution in [2.45, 2.75) is 25.4 Å². The lowest BCUT2D eigenvalue weighted by molar-refractivity contribution is -0.168. The van der Waals surface area contributed by atoms with Gasteiger partial charge in [0.15, 0.2) is 5.11 Å². The lowest BCUT2D eigenvalue weighted by Crippen LogP contribution is -2.32. The number of methoxy groups -OCH3 is 2. The first-order valence-electron chi connectivity index (χ1n) is 8.93. The summed E-state index contributed by atoms with van der Waals surface area (Å²) in [6.45, 7) is -0.914. The molecule has 1 aliphatic heterocycles. The van der Waals surface area contributed by atoms with E-state index in [1.807, 2.05) is 0 Å². The van der Waals surface area contributed by atoms with Crippen molar-refractivity contribution in [3.63, 3.8) is 0 Å². The molecule has 0 saturated carbocycles. The Balaban J connectivity index is 2.12. The number of hydrogen-bond acceptors (Lipinski definition) is 5. The van der Waals surface area contributed by atoms with Gasteiger partial charge in [-0.1, -0.05) is 6.07 Å². The minimum atomic E-state index is -4.24. The summed E-state index contributed by atoms with van der Waals surface area (Å²) in [7, 11) is 2.94. The predicted octanol–water partition coefficient (Wildman–Crippen LogP) is 3.21. The number of amides is 1. The Morgan fingerprint density at radius 3 is 2.67 bits per heavy atom. The predicted molar refractivity (Wildman–Crippen MR) is 106 cm³/mol. The van der Waals surface area contributed by atoms with Crippen molar-refractivity contribution in [3.8, 4) is 5.75 Å². The second kappa shape index (κ2) is 10.7. The number of halogens is 4. The zero-order valence-electron chi connectivity index (χ0n) is 16.4. The fourth-order valence-corrected chi connectivity index (χ4v) is 2.95. The Hall–Kier alpha value is -2.24. The van der Waals surface area contributed by atoms with Gasteiger partial charge in [0, 0.05) is 25.8 Å². The highest BCUT2D eigenvalue weighted by atomic mass is 32.1. The molecule has 1 amide bonds. The van der Waals surface area contributed by atoms with Gasteiger partial charge in [0.2, 0.25) is 0 Å². The summed E-state index contributed by atoms with van der Waals surface area (Å²) in [6, 6.07) is 4.76. The number of ether oxygens (including phenoxy) is 3. The fourth-order valence-electron chi connectivity index (χ4n) is 2.67. The van der Waals surface area contributed by atoms with Crippen LogP contribution >= 0.6 is 12.2 Å². The second-order valence-electron chi connectivity index (χ2n) is 6.42. The van der Waals surface area contributed by atoms with Gasteiger partial charge < -0.3 is 19.5 Å². The highest BCUT2D eigenvalue weighted by molar-refractivity contribution is 7.80. The molecule has 1 aromatic carbocycles. The third-order valence-corrected chi connectivity index (χ3v) is 4.50. The fraction of sp³-hybridized carbons (Fsp3) is 0.474. The summed E-state index contributed by atoms with van der Waals surface area (Å²) in [4.78, 5) is 13.9. The summed E-state index contributed by atoms with van der Waals surface area (Å²) in [5.41, 5.74) is 1.16. The molecule has 6 nitrogen and oxygen atoms in total. The molecule has 0 spiro atoms. The number of rotatable bonds is 11. The van der Waals surface area contributed by atoms with E-state index in [1.54, 1.807) is 31.4 Å². The number of nitrogens with one attached hydrogen (secondary N) is 1. The van der Waals surface area contributed by atoms with Crippen LogP contribution in [0.25, 0.3) is 6.08 Å². The standard InChI is InChI=1S/C19H22F4N2O4S/c1-27-7-3-6-25-16(26)14(24-18(25)30)9-12-4-5-15(28-2)13(8-12)10-29-11-19(22,23)17(20)21/h4-5,8-9,17H,3,6-7,10-11H2,1-2H3,(H,24,30)/b14-9+. The van der Waals surface area contributed by atoms with Crippen LogP contribution in [-0.2, 0) is 20.9 Å². The van der Waals surface area contributed by atoms with Crippen LogP contribution in [0.3, 0.4) is 0 Å². The zero-order chi connectivity index (χ0) is 22.3. The van der Waals surface area contributed by atoms with E-state index in [2.05, 4.69) is 5.32 Å². The smallest absolute Gasteiger partial charge is 0.330 e. The van der Waals surface area contributed by atoms with Crippen LogP contribution in [0.4, 0.5) is 17.6 Å². The van der Waals surface area contributed by atoms with Gasteiger partial charge in [-0.05, 0) is 42.4 Å². The van der Waals surface area contributed by atoms with Gasteiger partial charge in [-0.3, -0.25) is 9.69 Å². The average Bonchev–Trinajstić information content (AvgIpc) is 2.95. The second-order valence-corrected chi connectivity index (χ2v) is 6.80. The van der Waals surface area contributed by atoms with Crippen molar-refractivity contribution in [3.05, 3.63) is 35.0 Å². The van der Waals surface area contributed by atoms with Gasteiger partial charge in [-0.15, -0.1) is 0 Å². The van der Waals surface area contributed by atoms with Crippen molar-refractivity contribution in [1.82, 2.24) is 10.2 Å². The largest absolute Gasteiger partial charge is 0.496 e. The monoisotopic (exact) mass is 450 g/mol. The van der Waals surface area contributed by atoms with Crippen LogP contribution in [0, 0.1) is 0 Å². The number of alkyl halides is 4. The number of carbonyl (C=O) groups is 1. The molecule has 0 aliphatic carbocycles. The first kappa shape index (κ1) is 24.0. The normalized spacial score (nSPS) is 16.0. The van der Waals surface area contributed by atoms with Gasteiger partial charge in [0.1, 0.15) is 18.1 Å². The molecule has 0 bridgehead atoms. The number of nitrogens with zero attached hydrogens (tertiary/aromatic N) is 1. The van der Waals surface area contributed by atoms with Gasteiger partial charge in [0.25, 0.3) is 5.91 Å². The SMILES string of the molecule is COCCCN1C(=O)/C(=C\c2ccc(OC)c(COCC(F)(F)C(F)F)c2)NC1=S. The molecule has 30 heavy (non-hydrogen) atoms. The molecule has 0 unspecified atom stereocenters. The maximum absolute atomic E-state index is 13.0. The zero-order valence-corrected chi connectivity index (χ0v) is 17.2. The van der Waals surface area contributed by atoms with Crippen molar-refractivity contribution < 1.29 is 36.6 Å². The molecule has 1 heterocycles. The first-order chi connectivity index (χ1) is 14.2. The van der Waals surface area contributed by atoms with E-state index in [-0.39, 0.29) is 23.3 Å². The molecule has 2 rings (SSSR count). The summed E-state index contributed by atoms with van der Waals surface area (Å²) < 4.78 is 65.4. The molecule has 1 aromatic rings. The van der Waals surface area contributed by atoms with E-state index in [1.165, 1.54) is 12.0 Å². The molecule has 1 saturated heterocycles. The van der Waals surface area contributed by atoms with E-state index < -0.39 is 19.0 Å². The van der Waals surface area contributed by atoms with Crippen LogP contribution in [0.5, 0.6) is 5.75 Å². The molecule has 166 valence electrons. The lowest BCUT2D eigenvalue weighted by atomic mass is 10.1. The molecular weight excluding hydrogens is 428 g/mol. The molecule has 1 fully saturated rings. The minimum Gasteiger partial charge on any atom is -0.496 e. The number of carbonyl (C=O) groups excluding carboxylic acids is 1. The quantitative estimate of drug-likeness (QED) is 0.242. The summed E-state index contributed by atoms with van der Waals surface area (Å²) in [5.74, 6) is -4.21. The maximum Gasteiger partial charge on any atom is 0.330 e. The molecule has 0 radical (unpaired) electrons. The van der Waals surface area contributed by atoms with Gasteiger partial charge in [-0.2, -0.15) is 8.78 Å². The number of thiocarbonyl (C=S) groups is 1. The number of benzene rings is 1. The number of hydrogen-bond donors (Lipinski definition) is 1. The highest BCUT2D eigenvalue weighted by Crippen LogP contribution is 2.26. The maximum atomic E-state index is 13.0. The Kier molecular flexibility index (Phi) is 8.56. The lowest BCUT2D eigenvalue weighted by Gasteiger charge is -2.16. The first-order valence-corrected chi connectivity index (χ1v) is 9.34. The van der Waals surface area contributed by atoms with Crippen LogP contribution in [0.1, 0.15) is 17.5 Å². The van der Waals surface area contributed by atoms with Crippen molar-refractivity contribution >= 4 is 29.3 Å². The Morgan fingerprint density at radius 2 is 2.03 bits per heavy atom. The Bertz CT molecular complexity index is 805. The average molecular weight is 450 g/mol. The Morgan fingerprint density at radius 1 is 1.30 bits per heavy atom. The van der Waals surface area contributed by atoms with Crippen LogP contribution in [0.2, 0.25) is 0 Å².